The molecule has 1 aliphatic heterocycles. The van der Waals surface area contributed by atoms with Gasteiger partial charge in [-0.2, -0.15) is 0 Å². The molecule has 2 heterocycles. The van der Waals surface area contributed by atoms with Crippen LogP contribution in [-0.4, -0.2) is 49.1 Å². The predicted molar refractivity (Wildman–Crippen MR) is 92.1 cm³/mol. The van der Waals surface area contributed by atoms with Crippen molar-refractivity contribution < 1.29 is 13.9 Å². The average molecular weight is 349 g/mol. The summed E-state index contributed by atoms with van der Waals surface area (Å²) in [6, 6.07) is 6.48. The molecule has 0 atom stereocenters. The summed E-state index contributed by atoms with van der Waals surface area (Å²) in [4.78, 5) is 21.8. The second kappa shape index (κ2) is 7.27. The number of ether oxygens (including phenoxy) is 1. The summed E-state index contributed by atoms with van der Waals surface area (Å²) in [6.45, 7) is 5.05. The van der Waals surface area contributed by atoms with E-state index in [1.165, 1.54) is 23.5 Å². The van der Waals surface area contributed by atoms with E-state index in [0.717, 1.165) is 29.5 Å². The van der Waals surface area contributed by atoms with E-state index >= 15 is 0 Å². The number of methoxy groups -OCH3 is 1. The van der Waals surface area contributed by atoms with Crippen LogP contribution in [0, 0.1) is 12.7 Å². The van der Waals surface area contributed by atoms with E-state index in [1.807, 2.05) is 11.8 Å². The quantitative estimate of drug-likeness (QED) is 0.851. The topological polar surface area (TPSA) is 45.7 Å². The highest BCUT2D eigenvalue weighted by Crippen LogP contribution is 2.23. The van der Waals surface area contributed by atoms with E-state index in [9.17, 15) is 9.18 Å². The summed E-state index contributed by atoms with van der Waals surface area (Å²) in [6.07, 6.45) is 0. The van der Waals surface area contributed by atoms with Crippen molar-refractivity contribution in [1.29, 1.82) is 0 Å². The molecule has 0 bridgehead atoms. The van der Waals surface area contributed by atoms with Gasteiger partial charge in [0.15, 0.2) is 0 Å². The number of aryl methyl sites for hydroxylation is 1. The molecule has 0 radical (unpaired) electrons. The van der Waals surface area contributed by atoms with Crippen LogP contribution in [0.2, 0.25) is 0 Å². The molecule has 0 N–H and O–H groups in total. The molecular formula is C17H20FN3O2S. The second-order valence-electron chi connectivity index (χ2n) is 5.71. The highest BCUT2D eigenvalue weighted by Gasteiger charge is 2.25. The number of amides is 1. The molecule has 1 saturated heterocycles. The Hall–Kier alpha value is -1.99. The Bertz CT molecular complexity index is 709. The zero-order valence-corrected chi connectivity index (χ0v) is 14.6. The zero-order valence-electron chi connectivity index (χ0n) is 13.8. The van der Waals surface area contributed by atoms with Crippen molar-refractivity contribution in [2.24, 2.45) is 0 Å². The molecule has 1 aromatic carbocycles. The third-order valence-corrected chi connectivity index (χ3v) is 5.18. The number of anilines is 1. The lowest BCUT2D eigenvalue weighted by Crippen LogP contribution is -2.48. The van der Waals surface area contributed by atoms with Crippen LogP contribution in [0.1, 0.15) is 20.4 Å². The standard InChI is InChI=1S/C17H20FN3O2S/c1-12-16(24-15(19-12)11-23-2)17(22)21-9-7-20(8-10-21)14-5-3-13(18)4-6-14/h3-6H,7-11H2,1-2H3. The predicted octanol–water partition coefficient (Wildman–Crippen LogP) is 2.70. The maximum atomic E-state index is 13.0. The molecule has 7 heteroatoms. The Morgan fingerprint density at radius 1 is 1.25 bits per heavy atom. The Morgan fingerprint density at radius 3 is 2.54 bits per heavy atom. The number of halogens is 1. The molecule has 0 unspecified atom stereocenters. The summed E-state index contributed by atoms with van der Waals surface area (Å²) in [5.41, 5.74) is 1.75. The highest BCUT2D eigenvalue weighted by molar-refractivity contribution is 7.13. The highest BCUT2D eigenvalue weighted by atomic mass is 32.1. The van der Waals surface area contributed by atoms with E-state index < -0.39 is 0 Å². The number of benzene rings is 1. The van der Waals surface area contributed by atoms with E-state index in [1.54, 1.807) is 19.2 Å². The monoisotopic (exact) mass is 349 g/mol. The lowest BCUT2D eigenvalue weighted by Gasteiger charge is -2.36. The molecule has 3 rings (SSSR count). The van der Waals surface area contributed by atoms with Gasteiger partial charge in [0.2, 0.25) is 0 Å². The molecule has 1 fully saturated rings. The Kier molecular flexibility index (Phi) is 5.11. The van der Waals surface area contributed by atoms with Crippen molar-refractivity contribution in [2.45, 2.75) is 13.5 Å². The third-order valence-electron chi connectivity index (χ3n) is 4.06. The van der Waals surface area contributed by atoms with Gasteiger partial charge in [-0.15, -0.1) is 11.3 Å². The van der Waals surface area contributed by atoms with Crippen LogP contribution in [0.25, 0.3) is 0 Å². The molecule has 2 aromatic rings. The molecule has 128 valence electrons. The van der Waals surface area contributed by atoms with Crippen LogP contribution in [0.4, 0.5) is 10.1 Å². The number of hydrogen-bond acceptors (Lipinski definition) is 5. The molecule has 0 saturated carbocycles. The Labute approximate surface area is 144 Å². The maximum Gasteiger partial charge on any atom is 0.265 e. The first-order valence-electron chi connectivity index (χ1n) is 7.83. The van der Waals surface area contributed by atoms with Crippen LogP contribution in [0.15, 0.2) is 24.3 Å². The summed E-state index contributed by atoms with van der Waals surface area (Å²) in [5, 5.41) is 0.822. The van der Waals surface area contributed by atoms with Gasteiger partial charge in [-0.3, -0.25) is 4.79 Å². The number of hydrogen-bond donors (Lipinski definition) is 0. The minimum atomic E-state index is -0.236. The van der Waals surface area contributed by atoms with Crippen molar-refractivity contribution in [3.8, 4) is 0 Å². The molecule has 1 aromatic heterocycles. The van der Waals surface area contributed by atoms with E-state index in [2.05, 4.69) is 9.88 Å². The molecule has 1 aliphatic rings. The van der Waals surface area contributed by atoms with Gasteiger partial charge in [-0.1, -0.05) is 0 Å². The van der Waals surface area contributed by atoms with Crippen molar-refractivity contribution in [1.82, 2.24) is 9.88 Å². The molecule has 1 amide bonds. The molecule has 5 nitrogen and oxygen atoms in total. The second-order valence-corrected chi connectivity index (χ2v) is 6.79. The van der Waals surface area contributed by atoms with Crippen molar-refractivity contribution in [2.75, 3.05) is 38.2 Å². The minimum Gasteiger partial charge on any atom is -0.378 e. The maximum absolute atomic E-state index is 13.0. The van der Waals surface area contributed by atoms with Gasteiger partial charge in [-0.25, -0.2) is 9.37 Å². The largest absolute Gasteiger partial charge is 0.378 e. The summed E-state index contributed by atoms with van der Waals surface area (Å²) in [7, 11) is 1.62. The van der Waals surface area contributed by atoms with Crippen molar-refractivity contribution in [3.63, 3.8) is 0 Å². The van der Waals surface area contributed by atoms with Gasteiger partial charge in [0.25, 0.3) is 5.91 Å². The van der Waals surface area contributed by atoms with Crippen LogP contribution in [0.5, 0.6) is 0 Å². The number of aromatic nitrogens is 1. The van der Waals surface area contributed by atoms with Crippen LogP contribution in [0.3, 0.4) is 0 Å². The number of thiazole rings is 1. The fourth-order valence-corrected chi connectivity index (χ4v) is 3.80. The van der Waals surface area contributed by atoms with Gasteiger partial charge in [0.05, 0.1) is 12.3 Å². The first-order chi connectivity index (χ1) is 11.6. The smallest absolute Gasteiger partial charge is 0.265 e. The van der Waals surface area contributed by atoms with E-state index in [4.69, 9.17) is 4.74 Å². The summed E-state index contributed by atoms with van der Waals surface area (Å²) < 4.78 is 18.1. The number of carbonyl (C=O) groups excluding carboxylic acids is 1. The number of nitrogens with zero attached hydrogens (tertiary/aromatic N) is 3. The molecule has 0 spiro atoms. The van der Waals surface area contributed by atoms with Gasteiger partial charge in [0.1, 0.15) is 15.7 Å². The van der Waals surface area contributed by atoms with Gasteiger partial charge >= 0.3 is 0 Å². The molecular weight excluding hydrogens is 329 g/mol. The molecule has 0 aliphatic carbocycles. The average Bonchev–Trinajstić information content (AvgIpc) is 2.96. The van der Waals surface area contributed by atoms with E-state index in [-0.39, 0.29) is 11.7 Å². The number of carbonyl (C=O) groups is 1. The lowest BCUT2D eigenvalue weighted by molar-refractivity contribution is 0.0750. The molecule has 24 heavy (non-hydrogen) atoms. The summed E-state index contributed by atoms with van der Waals surface area (Å²) >= 11 is 1.40. The fraction of sp³-hybridized carbons (Fsp3) is 0.412. The van der Waals surface area contributed by atoms with E-state index in [0.29, 0.717) is 24.6 Å². The summed E-state index contributed by atoms with van der Waals surface area (Å²) in [5.74, 6) is -0.203. The first kappa shape index (κ1) is 16.9. The Balaban J connectivity index is 1.63. The number of piperazine rings is 1. The minimum absolute atomic E-state index is 0.0334. The normalized spacial score (nSPS) is 15.0. The number of rotatable bonds is 4. The zero-order chi connectivity index (χ0) is 17.1. The Morgan fingerprint density at radius 2 is 1.92 bits per heavy atom. The van der Waals surface area contributed by atoms with Gasteiger partial charge in [-0.05, 0) is 31.2 Å². The van der Waals surface area contributed by atoms with Crippen LogP contribution in [-0.2, 0) is 11.3 Å². The SMILES string of the molecule is COCc1nc(C)c(C(=O)N2CCN(c3ccc(F)cc3)CC2)s1. The van der Waals surface area contributed by atoms with Crippen LogP contribution >= 0.6 is 11.3 Å². The van der Waals surface area contributed by atoms with Crippen molar-refractivity contribution in [3.05, 3.63) is 45.7 Å². The van der Waals surface area contributed by atoms with Gasteiger partial charge < -0.3 is 14.5 Å². The van der Waals surface area contributed by atoms with Crippen LogP contribution < -0.4 is 4.90 Å². The third kappa shape index (κ3) is 3.57. The van der Waals surface area contributed by atoms with Crippen molar-refractivity contribution >= 4 is 22.9 Å². The van der Waals surface area contributed by atoms with Gasteiger partial charge in [0, 0.05) is 39.0 Å². The lowest BCUT2D eigenvalue weighted by atomic mass is 10.2. The fourth-order valence-electron chi connectivity index (χ4n) is 2.80. The first-order valence-corrected chi connectivity index (χ1v) is 8.65.